The van der Waals surface area contributed by atoms with Gasteiger partial charge in [-0.3, -0.25) is 24.1 Å². The van der Waals surface area contributed by atoms with E-state index in [2.05, 4.69) is 5.32 Å². The first kappa shape index (κ1) is 25.9. The first-order valence-electron chi connectivity index (χ1n) is 12.5. The number of anilines is 1. The number of carbonyl (C=O) groups excluding carboxylic acids is 4. The molecule has 1 saturated heterocycles. The van der Waals surface area contributed by atoms with Crippen molar-refractivity contribution in [3.05, 3.63) is 39.9 Å². The molecule has 2 amide bonds. The van der Waals surface area contributed by atoms with Crippen LogP contribution in [0.1, 0.15) is 43.2 Å². The number of nitrogens with one attached hydrogen (secondary N) is 1. The van der Waals surface area contributed by atoms with E-state index in [9.17, 15) is 39.6 Å². The molecule has 202 valence electrons. The fraction of sp³-hybridized carbons (Fsp3) is 0.462. The monoisotopic (exact) mass is 529 g/mol. The molecule has 38 heavy (non-hydrogen) atoms. The van der Waals surface area contributed by atoms with Gasteiger partial charge < -0.3 is 31.5 Å². The number of likely N-dealkylation sites (tertiary alicyclic amines) is 1. The number of carbonyl (C=O) groups is 4. The number of primary amides is 1. The Balaban J connectivity index is 1.53. The number of rotatable bonds is 4. The van der Waals surface area contributed by atoms with Gasteiger partial charge in [0.1, 0.15) is 22.9 Å². The van der Waals surface area contributed by atoms with Gasteiger partial charge in [0.05, 0.1) is 17.8 Å². The smallest absolute Gasteiger partial charge is 0.255 e. The SMILES string of the molecule is NC(=O)C1=C(O)[C@@]2(O)C(=O)C3=C(O)c4c(O)c(NC(=O)CN5CCCCC5)cc(F)c4CC3C[C@H]2CC1=O. The fourth-order valence-electron chi connectivity index (χ4n) is 6.25. The molecule has 0 spiro atoms. The number of hydrogen-bond donors (Lipinski definition) is 6. The van der Waals surface area contributed by atoms with Gasteiger partial charge in [0.2, 0.25) is 11.7 Å². The quantitative estimate of drug-likeness (QED) is 0.244. The maximum atomic E-state index is 15.2. The van der Waals surface area contributed by atoms with Crippen LogP contribution in [0.3, 0.4) is 0 Å². The number of Topliss-reactive ketones (excluding diaryl/α,β-unsaturated/α-hetero) is 2. The molecule has 1 aliphatic heterocycles. The van der Waals surface area contributed by atoms with Crippen molar-refractivity contribution in [1.82, 2.24) is 4.90 Å². The van der Waals surface area contributed by atoms with Crippen LogP contribution in [0.15, 0.2) is 23.0 Å². The number of nitrogens with two attached hydrogens (primary N) is 1. The van der Waals surface area contributed by atoms with E-state index in [0.29, 0.717) is 0 Å². The number of phenolic OH excluding ortho intramolecular Hbond substituents is 1. The van der Waals surface area contributed by atoms with Crippen molar-refractivity contribution >= 4 is 34.8 Å². The van der Waals surface area contributed by atoms with E-state index >= 15 is 4.39 Å². The lowest BCUT2D eigenvalue weighted by Gasteiger charge is -2.46. The zero-order valence-electron chi connectivity index (χ0n) is 20.4. The number of ketones is 2. The molecule has 0 radical (unpaired) electrons. The van der Waals surface area contributed by atoms with Crippen molar-refractivity contribution in [2.75, 3.05) is 25.0 Å². The average molecular weight is 530 g/mol. The highest BCUT2D eigenvalue weighted by atomic mass is 19.1. The Labute approximate surface area is 216 Å². The summed E-state index contributed by atoms with van der Waals surface area (Å²) in [7, 11) is 0. The molecule has 0 bridgehead atoms. The Morgan fingerprint density at radius 2 is 1.82 bits per heavy atom. The van der Waals surface area contributed by atoms with E-state index in [1.165, 1.54) is 0 Å². The summed E-state index contributed by atoms with van der Waals surface area (Å²) >= 11 is 0. The maximum absolute atomic E-state index is 15.2. The van der Waals surface area contributed by atoms with Gasteiger partial charge in [-0.25, -0.2) is 4.39 Å². The van der Waals surface area contributed by atoms with Crippen LogP contribution in [0.25, 0.3) is 5.76 Å². The van der Waals surface area contributed by atoms with Gasteiger partial charge in [-0.1, -0.05) is 6.42 Å². The highest BCUT2D eigenvalue weighted by Gasteiger charge is 2.60. The predicted molar refractivity (Wildman–Crippen MR) is 130 cm³/mol. The molecule has 1 aromatic carbocycles. The summed E-state index contributed by atoms with van der Waals surface area (Å²) < 4.78 is 15.2. The molecule has 0 aromatic heterocycles. The first-order valence-corrected chi connectivity index (χ1v) is 12.5. The minimum absolute atomic E-state index is 0.0344. The number of benzene rings is 1. The molecule has 1 saturated carbocycles. The third-order valence-electron chi connectivity index (χ3n) is 8.10. The average Bonchev–Trinajstić information content (AvgIpc) is 2.85. The third kappa shape index (κ3) is 3.86. The van der Waals surface area contributed by atoms with Gasteiger partial charge in [0, 0.05) is 29.5 Å². The van der Waals surface area contributed by atoms with Crippen molar-refractivity contribution in [3.63, 3.8) is 0 Å². The summed E-state index contributed by atoms with van der Waals surface area (Å²) in [6.07, 6.45) is 2.27. The first-order chi connectivity index (χ1) is 17.9. The number of amides is 2. The minimum Gasteiger partial charge on any atom is -0.508 e. The van der Waals surface area contributed by atoms with Crippen molar-refractivity contribution in [3.8, 4) is 5.75 Å². The fourth-order valence-corrected chi connectivity index (χ4v) is 6.25. The number of aliphatic hydroxyl groups is 3. The van der Waals surface area contributed by atoms with Crippen molar-refractivity contribution in [2.45, 2.75) is 44.1 Å². The normalized spacial score (nSPS) is 27.5. The van der Waals surface area contributed by atoms with Crippen LogP contribution in [0.4, 0.5) is 10.1 Å². The van der Waals surface area contributed by atoms with Crippen molar-refractivity contribution in [1.29, 1.82) is 0 Å². The van der Waals surface area contributed by atoms with Gasteiger partial charge in [-0.05, 0) is 44.7 Å². The van der Waals surface area contributed by atoms with Crippen LogP contribution >= 0.6 is 0 Å². The zero-order valence-corrected chi connectivity index (χ0v) is 20.4. The van der Waals surface area contributed by atoms with E-state index in [1.807, 2.05) is 4.90 Å². The van der Waals surface area contributed by atoms with E-state index in [4.69, 9.17) is 5.73 Å². The number of phenols is 1. The van der Waals surface area contributed by atoms with Gasteiger partial charge in [0.15, 0.2) is 17.1 Å². The highest BCUT2D eigenvalue weighted by molar-refractivity contribution is 6.22. The molecule has 12 heteroatoms. The molecule has 4 aliphatic rings. The Hall–Kier alpha value is -3.77. The molecule has 5 rings (SSSR count). The Kier molecular flexibility index (Phi) is 6.27. The summed E-state index contributed by atoms with van der Waals surface area (Å²) in [5, 5.41) is 46.4. The van der Waals surface area contributed by atoms with E-state index < -0.39 is 81.5 Å². The lowest BCUT2D eigenvalue weighted by Crippen LogP contribution is -2.58. The minimum atomic E-state index is -2.70. The maximum Gasteiger partial charge on any atom is 0.255 e. The molecule has 1 aromatic rings. The third-order valence-corrected chi connectivity index (χ3v) is 8.10. The number of halogens is 1. The standard InChI is InChI=1S/C26H28FN3O8/c27-14-9-15(29-17(32)10-30-4-2-1-3-5-30)21(33)19-13(14)7-11-6-12-8-16(31)20(25(28)37)24(36)26(12,38)23(35)18(11)22(19)34/h9,11-12,33-34,36,38H,1-8,10H2,(H2,28,37)(H,29,32)/t11?,12-,26-/m0/s1. The van der Waals surface area contributed by atoms with Gasteiger partial charge >= 0.3 is 0 Å². The van der Waals surface area contributed by atoms with Gasteiger partial charge in [-0.15, -0.1) is 0 Å². The van der Waals surface area contributed by atoms with Crippen LogP contribution in [0.5, 0.6) is 5.75 Å². The number of fused-ring (bicyclic) bond motifs is 3. The van der Waals surface area contributed by atoms with E-state index in [0.717, 1.165) is 38.4 Å². The largest absolute Gasteiger partial charge is 0.508 e. The summed E-state index contributed by atoms with van der Waals surface area (Å²) in [6.45, 7) is 1.51. The summed E-state index contributed by atoms with van der Waals surface area (Å²) in [5.41, 5.74) is 0.395. The lowest BCUT2D eigenvalue weighted by atomic mass is 9.59. The van der Waals surface area contributed by atoms with Gasteiger partial charge in [0.25, 0.3) is 5.91 Å². The topological polar surface area (TPSA) is 190 Å². The Morgan fingerprint density at radius 3 is 2.47 bits per heavy atom. The molecule has 3 atom stereocenters. The summed E-state index contributed by atoms with van der Waals surface area (Å²) in [5.74, 6) is -9.29. The second-order valence-corrected chi connectivity index (χ2v) is 10.4. The van der Waals surface area contributed by atoms with Crippen molar-refractivity contribution in [2.24, 2.45) is 17.6 Å². The van der Waals surface area contributed by atoms with E-state index in [1.54, 1.807) is 0 Å². The Morgan fingerprint density at radius 1 is 1.13 bits per heavy atom. The van der Waals surface area contributed by atoms with E-state index in [-0.39, 0.29) is 36.2 Å². The van der Waals surface area contributed by atoms with Crippen LogP contribution in [-0.2, 0) is 25.6 Å². The van der Waals surface area contributed by atoms with Crippen LogP contribution < -0.4 is 11.1 Å². The molecule has 11 nitrogen and oxygen atoms in total. The number of aliphatic hydroxyl groups excluding tert-OH is 2. The number of piperidine rings is 1. The molecule has 2 fully saturated rings. The highest BCUT2D eigenvalue weighted by Crippen LogP contribution is 2.53. The molecule has 7 N–H and O–H groups in total. The second-order valence-electron chi connectivity index (χ2n) is 10.4. The van der Waals surface area contributed by atoms with Gasteiger partial charge in [-0.2, -0.15) is 0 Å². The predicted octanol–water partition coefficient (Wildman–Crippen LogP) is 0.987. The second kappa shape index (κ2) is 9.21. The van der Waals surface area contributed by atoms with Crippen LogP contribution in [-0.4, -0.2) is 73.9 Å². The number of hydrogen-bond acceptors (Lipinski definition) is 9. The lowest BCUT2D eigenvalue weighted by molar-refractivity contribution is -0.147. The molecular weight excluding hydrogens is 501 g/mol. The molecule has 3 aliphatic carbocycles. The summed E-state index contributed by atoms with van der Waals surface area (Å²) in [4.78, 5) is 52.2. The molecule has 1 unspecified atom stereocenters. The van der Waals surface area contributed by atoms with Crippen molar-refractivity contribution < 1.29 is 44.0 Å². The number of aromatic hydroxyl groups is 1. The van der Waals surface area contributed by atoms with Crippen LogP contribution in [0, 0.1) is 17.7 Å². The zero-order chi connectivity index (χ0) is 27.5. The Bertz CT molecular complexity index is 1350. The molecule has 1 heterocycles. The van der Waals surface area contributed by atoms with Crippen LogP contribution in [0.2, 0.25) is 0 Å². The molecular formula is C26H28FN3O8. The number of nitrogens with zero attached hydrogens (tertiary/aromatic N) is 1. The summed E-state index contributed by atoms with van der Waals surface area (Å²) in [6, 6.07) is 0.944.